The number of phenolic OH excluding ortho intramolecular Hbond substituents is 1. The number of ether oxygens (including phenoxy) is 1. The molecule has 1 aromatic rings. The van der Waals surface area contributed by atoms with E-state index in [0.717, 1.165) is 0 Å². The fourth-order valence-corrected chi connectivity index (χ4v) is 1.64. The lowest BCUT2D eigenvalue weighted by Gasteiger charge is -2.20. The van der Waals surface area contributed by atoms with Crippen LogP contribution >= 0.6 is 0 Å². The Morgan fingerprint density at radius 3 is 2.52 bits per heavy atom. The molecule has 0 bridgehead atoms. The number of rotatable bonds is 4. The Hall–Kier alpha value is -1.84. The van der Waals surface area contributed by atoms with E-state index in [0.29, 0.717) is 5.56 Å². The molecule has 1 rings (SSSR count). The van der Waals surface area contributed by atoms with Crippen LogP contribution in [0.25, 0.3) is 0 Å². The van der Waals surface area contributed by atoms with E-state index in [9.17, 15) is 18.3 Å². The maximum absolute atomic E-state index is 11.6. The third-order valence-electron chi connectivity index (χ3n) is 2.09. The lowest BCUT2D eigenvalue weighted by molar-refractivity contribution is 0.0635. The van der Waals surface area contributed by atoms with E-state index in [1.807, 2.05) is 0 Å². The Bertz CT molecular complexity index is 621. The normalized spacial score (nSPS) is 12.0. The summed E-state index contributed by atoms with van der Waals surface area (Å²) in [4.78, 5) is 11.6. The SMILES string of the molecule is CC(C)(C)OC(=O)Nc1cc(COS(N)(=O)=O)ccc1O. The topological polar surface area (TPSA) is 128 Å². The van der Waals surface area contributed by atoms with Crippen LogP contribution in [0.5, 0.6) is 5.75 Å². The summed E-state index contributed by atoms with van der Waals surface area (Å²) in [6.07, 6.45) is -0.748. The Morgan fingerprint density at radius 1 is 1.38 bits per heavy atom. The van der Waals surface area contributed by atoms with E-state index in [2.05, 4.69) is 9.50 Å². The molecule has 8 nitrogen and oxygen atoms in total. The van der Waals surface area contributed by atoms with Crippen LogP contribution in [0.15, 0.2) is 18.2 Å². The predicted molar refractivity (Wildman–Crippen MR) is 75.9 cm³/mol. The van der Waals surface area contributed by atoms with Crippen molar-refractivity contribution in [2.24, 2.45) is 5.14 Å². The van der Waals surface area contributed by atoms with Gasteiger partial charge in [-0.1, -0.05) is 6.07 Å². The van der Waals surface area contributed by atoms with Crippen molar-refractivity contribution < 1.29 is 27.2 Å². The van der Waals surface area contributed by atoms with Gasteiger partial charge in [-0.25, -0.2) is 9.93 Å². The third-order valence-corrected chi connectivity index (χ3v) is 2.53. The molecule has 0 saturated carbocycles. The van der Waals surface area contributed by atoms with Crippen LogP contribution in [0.3, 0.4) is 0 Å². The smallest absolute Gasteiger partial charge is 0.412 e. The highest BCUT2D eigenvalue weighted by Crippen LogP contribution is 2.25. The van der Waals surface area contributed by atoms with Gasteiger partial charge >= 0.3 is 16.4 Å². The van der Waals surface area contributed by atoms with Crippen LogP contribution in [0.4, 0.5) is 10.5 Å². The number of amides is 1. The molecule has 4 N–H and O–H groups in total. The van der Waals surface area contributed by atoms with Crippen molar-refractivity contribution >= 4 is 22.1 Å². The molecule has 0 aliphatic heterocycles. The fourth-order valence-electron chi connectivity index (χ4n) is 1.34. The number of phenols is 1. The van der Waals surface area contributed by atoms with Gasteiger partial charge < -0.3 is 9.84 Å². The highest BCUT2D eigenvalue weighted by Gasteiger charge is 2.17. The largest absolute Gasteiger partial charge is 0.506 e. The van der Waals surface area contributed by atoms with Crippen molar-refractivity contribution in [2.45, 2.75) is 33.0 Å². The molecule has 0 aliphatic rings. The van der Waals surface area contributed by atoms with Crippen LogP contribution in [0.2, 0.25) is 0 Å². The minimum atomic E-state index is -4.07. The van der Waals surface area contributed by atoms with Crippen LogP contribution in [0.1, 0.15) is 26.3 Å². The van der Waals surface area contributed by atoms with E-state index >= 15 is 0 Å². The zero-order valence-corrected chi connectivity index (χ0v) is 12.7. The second kappa shape index (κ2) is 6.29. The number of aromatic hydroxyl groups is 1. The minimum Gasteiger partial charge on any atom is -0.506 e. The van der Waals surface area contributed by atoms with E-state index in [1.54, 1.807) is 20.8 Å². The van der Waals surface area contributed by atoms with Gasteiger partial charge in [0.2, 0.25) is 0 Å². The number of anilines is 1. The van der Waals surface area contributed by atoms with E-state index in [-0.39, 0.29) is 18.0 Å². The summed E-state index contributed by atoms with van der Waals surface area (Å²) >= 11 is 0. The molecule has 0 aromatic heterocycles. The summed E-state index contributed by atoms with van der Waals surface area (Å²) in [6, 6.07) is 4.07. The average molecular weight is 318 g/mol. The third kappa shape index (κ3) is 6.93. The zero-order valence-electron chi connectivity index (χ0n) is 11.9. The maximum atomic E-state index is 11.6. The first kappa shape index (κ1) is 17.2. The number of hydrogen-bond donors (Lipinski definition) is 3. The molecule has 0 spiro atoms. The first-order valence-electron chi connectivity index (χ1n) is 5.95. The molecular formula is C12H18N2O6S. The molecule has 1 aromatic carbocycles. The van der Waals surface area contributed by atoms with Gasteiger partial charge in [-0.3, -0.25) is 9.50 Å². The van der Waals surface area contributed by atoms with Gasteiger partial charge in [-0.15, -0.1) is 0 Å². The van der Waals surface area contributed by atoms with Crippen molar-refractivity contribution in [3.05, 3.63) is 23.8 Å². The number of carbonyl (C=O) groups excluding carboxylic acids is 1. The van der Waals surface area contributed by atoms with Crippen LogP contribution in [0, 0.1) is 0 Å². The molecular weight excluding hydrogens is 300 g/mol. The molecule has 0 atom stereocenters. The zero-order chi connectivity index (χ0) is 16.3. The molecule has 0 unspecified atom stereocenters. The van der Waals surface area contributed by atoms with Gasteiger partial charge in [-0.05, 0) is 38.5 Å². The molecule has 0 radical (unpaired) electrons. The predicted octanol–water partition coefficient (Wildman–Crippen LogP) is 1.46. The number of hydrogen-bond acceptors (Lipinski definition) is 6. The van der Waals surface area contributed by atoms with Gasteiger partial charge in [0.05, 0.1) is 12.3 Å². The Labute approximate surface area is 123 Å². The first-order valence-corrected chi connectivity index (χ1v) is 7.42. The number of benzene rings is 1. The Kier molecular flexibility index (Phi) is 5.15. The molecule has 0 heterocycles. The van der Waals surface area contributed by atoms with Crippen LogP contribution in [-0.4, -0.2) is 25.2 Å². The van der Waals surface area contributed by atoms with Crippen molar-refractivity contribution in [2.75, 3.05) is 5.32 Å². The van der Waals surface area contributed by atoms with Crippen molar-refractivity contribution in [1.82, 2.24) is 0 Å². The number of nitrogens with one attached hydrogen (secondary N) is 1. The summed E-state index contributed by atoms with van der Waals surface area (Å²) in [5.74, 6) is -0.194. The average Bonchev–Trinajstić information content (AvgIpc) is 2.26. The molecule has 21 heavy (non-hydrogen) atoms. The van der Waals surface area contributed by atoms with Crippen molar-refractivity contribution in [1.29, 1.82) is 0 Å². The van der Waals surface area contributed by atoms with Crippen LogP contribution < -0.4 is 10.5 Å². The number of nitrogens with two attached hydrogens (primary N) is 1. The second-order valence-corrected chi connectivity index (χ2v) is 6.45. The quantitative estimate of drug-likeness (QED) is 0.721. The van der Waals surface area contributed by atoms with Gasteiger partial charge in [-0.2, -0.15) is 8.42 Å². The highest BCUT2D eigenvalue weighted by atomic mass is 32.2. The molecule has 0 aliphatic carbocycles. The molecule has 1 amide bonds. The maximum Gasteiger partial charge on any atom is 0.412 e. The van der Waals surface area contributed by atoms with E-state index < -0.39 is 22.0 Å². The minimum absolute atomic E-state index is 0.0692. The van der Waals surface area contributed by atoms with Gasteiger partial charge in [0.25, 0.3) is 0 Å². The van der Waals surface area contributed by atoms with E-state index in [4.69, 9.17) is 9.88 Å². The molecule has 0 fully saturated rings. The molecule has 118 valence electrons. The summed E-state index contributed by atoms with van der Waals surface area (Å²) in [6.45, 7) is 4.77. The first-order chi connectivity index (χ1) is 9.46. The van der Waals surface area contributed by atoms with Gasteiger partial charge in [0, 0.05) is 0 Å². The van der Waals surface area contributed by atoms with Crippen LogP contribution in [-0.2, 0) is 25.8 Å². The summed E-state index contributed by atoms with van der Waals surface area (Å²) < 4.78 is 30.9. The van der Waals surface area contributed by atoms with Gasteiger partial charge in [0.1, 0.15) is 11.4 Å². The highest BCUT2D eigenvalue weighted by molar-refractivity contribution is 7.84. The Morgan fingerprint density at radius 2 is 2.00 bits per heavy atom. The standard InChI is InChI=1S/C12H18N2O6S/c1-12(2,3)20-11(16)14-9-6-8(4-5-10(9)15)7-19-21(13,17)18/h4-6,15H,7H2,1-3H3,(H,14,16)(H2,13,17,18). The van der Waals surface area contributed by atoms with Gasteiger partial charge in [0.15, 0.2) is 0 Å². The summed E-state index contributed by atoms with van der Waals surface area (Å²) in [7, 11) is -4.07. The molecule has 9 heteroatoms. The van der Waals surface area contributed by atoms with Crippen molar-refractivity contribution in [3.8, 4) is 5.75 Å². The molecule has 0 saturated heterocycles. The van der Waals surface area contributed by atoms with E-state index in [1.165, 1.54) is 18.2 Å². The lowest BCUT2D eigenvalue weighted by atomic mass is 10.2. The fraction of sp³-hybridized carbons (Fsp3) is 0.417. The summed E-state index contributed by atoms with van der Waals surface area (Å²) in [5, 5.41) is 16.7. The summed E-state index contributed by atoms with van der Waals surface area (Å²) in [5.41, 5.74) is -0.221. The lowest BCUT2D eigenvalue weighted by Crippen LogP contribution is -2.27. The monoisotopic (exact) mass is 318 g/mol. The Balaban J connectivity index is 2.80. The second-order valence-electron chi connectivity index (χ2n) is 5.23. The number of carbonyl (C=O) groups is 1. The van der Waals surface area contributed by atoms with Crippen molar-refractivity contribution in [3.63, 3.8) is 0 Å².